The molecule has 0 saturated heterocycles. The summed E-state index contributed by atoms with van der Waals surface area (Å²) in [6.07, 6.45) is 1.55. The lowest BCUT2D eigenvalue weighted by Crippen LogP contribution is -2.33. The number of amides is 4. The van der Waals surface area contributed by atoms with Gasteiger partial charge in [0.25, 0.3) is 23.6 Å². The fourth-order valence-corrected chi connectivity index (χ4v) is 3.69. The van der Waals surface area contributed by atoms with Gasteiger partial charge in [-0.05, 0) is 36.8 Å². The number of benzene rings is 2. The van der Waals surface area contributed by atoms with Crippen LogP contribution in [0.1, 0.15) is 71.6 Å². The number of esters is 1. The molecule has 2 aliphatic heterocycles. The largest absolute Gasteiger partial charge is 0.460 e. The van der Waals surface area contributed by atoms with E-state index in [1.807, 2.05) is 6.92 Å². The Bertz CT molecular complexity index is 1090. The number of hydrogen-bond acceptors (Lipinski definition) is 6. The van der Waals surface area contributed by atoms with Crippen molar-refractivity contribution in [3.63, 3.8) is 0 Å². The van der Waals surface area contributed by atoms with Crippen molar-refractivity contribution in [3.05, 3.63) is 70.3 Å². The predicted octanol–water partition coefficient (Wildman–Crippen LogP) is 2.54. The van der Waals surface area contributed by atoms with Gasteiger partial charge in [0, 0.05) is 6.54 Å². The highest BCUT2D eigenvalue weighted by atomic mass is 16.5. The summed E-state index contributed by atoms with van der Waals surface area (Å²) in [6, 6.07) is 10.7. The smallest absolute Gasteiger partial charge is 0.338 e. The van der Waals surface area contributed by atoms with Crippen molar-refractivity contribution in [2.45, 2.75) is 19.8 Å². The van der Waals surface area contributed by atoms with E-state index in [0.717, 1.165) is 11.3 Å². The number of carbonyl (C=O) groups is 5. The van der Waals surface area contributed by atoms with Crippen LogP contribution in [0.15, 0.2) is 42.5 Å². The van der Waals surface area contributed by atoms with Gasteiger partial charge >= 0.3 is 5.97 Å². The zero-order valence-electron chi connectivity index (χ0n) is 16.9. The minimum atomic E-state index is -0.702. The molecule has 0 fully saturated rings. The van der Waals surface area contributed by atoms with Crippen molar-refractivity contribution in [3.8, 4) is 0 Å². The highest BCUT2D eigenvalue weighted by Gasteiger charge is 2.36. The molecule has 2 aromatic carbocycles. The average molecular weight is 420 g/mol. The van der Waals surface area contributed by atoms with Gasteiger partial charge in [-0.1, -0.05) is 25.5 Å². The molecule has 0 N–H and O–H groups in total. The molecule has 0 spiro atoms. The number of ether oxygens (including phenoxy) is 1. The van der Waals surface area contributed by atoms with Gasteiger partial charge in [-0.3, -0.25) is 29.0 Å². The minimum Gasteiger partial charge on any atom is -0.460 e. The molecule has 158 valence electrons. The highest BCUT2D eigenvalue weighted by Crippen LogP contribution is 2.25. The molecule has 4 amide bonds. The second-order valence-electron chi connectivity index (χ2n) is 7.32. The Balaban J connectivity index is 1.39. The van der Waals surface area contributed by atoms with Crippen molar-refractivity contribution in [1.29, 1.82) is 0 Å². The lowest BCUT2D eigenvalue weighted by molar-refractivity contribution is 0.0420. The first-order valence-electron chi connectivity index (χ1n) is 10.1. The lowest BCUT2D eigenvalue weighted by atomic mass is 10.1. The Morgan fingerprint density at radius 3 is 1.94 bits per heavy atom. The molecule has 0 unspecified atom stereocenters. The SMILES string of the molecule is CCCCN1C(=O)c2ccc(C(=O)OCCN3C(=O)c4ccccc4C3=O)cc2C1=O. The van der Waals surface area contributed by atoms with E-state index in [9.17, 15) is 24.0 Å². The number of imide groups is 2. The summed E-state index contributed by atoms with van der Waals surface area (Å²) in [6.45, 7) is 2.04. The Kier molecular flexibility index (Phi) is 5.37. The van der Waals surface area contributed by atoms with Gasteiger partial charge in [-0.25, -0.2) is 4.79 Å². The van der Waals surface area contributed by atoms with Crippen LogP contribution in [0, 0.1) is 0 Å². The fraction of sp³-hybridized carbons (Fsp3) is 0.261. The maximum Gasteiger partial charge on any atom is 0.338 e. The normalized spacial score (nSPS) is 14.9. The molecule has 31 heavy (non-hydrogen) atoms. The first-order valence-corrected chi connectivity index (χ1v) is 10.1. The van der Waals surface area contributed by atoms with Crippen molar-refractivity contribution in [2.75, 3.05) is 19.7 Å². The van der Waals surface area contributed by atoms with E-state index in [1.165, 1.54) is 23.1 Å². The second-order valence-corrected chi connectivity index (χ2v) is 7.32. The zero-order chi connectivity index (χ0) is 22.1. The van der Waals surface area contributed by atoms with E-state index >= 15 is 0 Å². The van der Waals surface area contributed by atoms with Crippen LogP contribution in [0.25, 0.3) is 0 Å². The maximum absolute atomic E-state index is 12.5. The summed E-state index contributed by atoms with van der Waals surface area (Å²) in [5.74, 6) is -2.34. The van der Waals surface area contributed by atoms with E-state index in [2.05, 4.69) is 0 Å². The van der Waals surface area contributed by atoms with Crippen LogP contribution in [0.4, 0.5) is 0 Å². The van der Waals surface area contributed by atoms with E-state index in [-0.39, 0.29) is 35.7 Å². The standard InChI is InChI=1S/C23H20N2O6/c1-2-3-10-24-21(28)17-9-8-14(13-18(17)22(24)29)23(30)31-12-11-25-19(26)15-6-4-5-7-16(15)20(25)27/h4-9,13H,2-3,10-12H2,1H3. The Labute approximate surface area is 178 Å². The number of carbonyl (C=O) groups excluding carboxylic acids is 5. The van der Waals surface area contributed by atoms with Crippen molar-refractivity contribution >= 4 is 29.6 Å². The van der Waals surface area contributed by atoms with Gasteiger partial charge in [0.15, 0.2) is 0 Å². The van der Waals surface area contributed by atoms with Crippen LogP contribution in [0.5, 0.6) is 0 Å². The molecule has 0 saturated carbocycles. The summed E-state index contributed by atoms with van der Waals surface area (Å²) in [4.78, 5) is 64.2. The monoisotopic (exact) mass is 420 g/mol. The van der Waals surface area contributed by atoms with E-state index in [4.69, 9.17) is 4.74 Å². The molecule has 4 rings (SSSR count). The Hall–Kier alpha value is -3.81. The quantitative estimate of drug-likeness (QED) is 0.504. The Morgan fingerprint density at radius 1 is 0.774 bits per heavy atom. The molecule has 0 radical (unpaired) electrons. The van der Waals surface area contributed by atoms with Gasteiger partial charge in [-0.2, -0.15) is 0 Å². The van der Waals surface area contributed by atoms with Crippen molar-refractivity contribution < 1.29 is 28.7 Å². The van der Waals surface area contributed by atoms with Crippen LogP contribution >= 0.6 is 0 Å². The van der Waals surface area contributed by atoms with Crippen LogP contribution in [-0.2, 0) is 4.74 Å². The summed E-state index contributed by atoms with van der Waals surface area (Å²) in [5, 5.41) is 0. The van der Waals surface area contributed by atoms with Crippen LogP contribution in [0.2, 0.25) is 0 Å². The van der Waals surface area contributed by atoms with Gasteiger partial charge in [0.1, 0.15) is 6.61 Å². The number of nitrogens with zero attached hydrogens (tertiary/aromatic N) is 2. The molecule has 0 bridgehead atoms. The number of rotatable bonds is 7. The molecule has 2 aromatic rings. The van der Waals surface area contributed by atoms with Gasteiger partial charge in [-0.15, -0.1) is 0 Å². The lowest BCUT2D eigenvalue weighted by Gasteiger charge is -2.14. The molecule has 2 heterocycles. The third kappa shape index (κ3) is 3.50. The predicted molar refractivity (Wildman–Crippen MR) is 109 cm³/mol. The molecule has 0 atom stereocenters. The maximum atomic E-state index is 12.5. The molecule has 8 nitrogen and oxygen atoms in total. The van der Waals surface area contributed by atoms with Crippen molar-refractivity contribution in [2.24, 2.45) is 0 Å². The molecule has 2 aliphatic rings. The van der Waals surface area contributed by atoms with Crippen LogP contribution in [-0.4, -0.2) is 59.1 Å². The summed E-state index contributed by atoms with van der Waals surface area (Å²) in [7, 11) is 0. The third-order valence-corrected chi connectivity index (χ3v) is 5.37. The van der Waals surface area contributed by atoms with Gasteiger partial charge < -0.3 is 4.74 Å². The topological polar surface area (TPSA) is 101 Å². The van der Waals surface area contributed by atoms with Crippen molar-refractivity contribution in [1.82, 2.24) is 9.80 Å². The summed E-state index contributed by atoms with van der Waals surface area (Å²) >= 11 is 0. The molecular formula is C23H20N2O6. The fourth-order valence-electron chi connectivity index (χ4n) is 3.69. The van der Waals surface area contributed by atoms with Crippen LogP contribution in [0.3, 0.4) is 0 Å². The summed E-state index contributed by atoms with van der Waals surface area (Å²) in [5.41, 5.74) is 1.22. The van der Waals surface area contributed by atoms with E-state index < -0.39 is 23.7 Å². The number of fused-ring (bicyclic) bond motifs is 2. The molecule has 0 aromatic heterocycles. The van der Waals surface area contributed by atoms with Gasteiger partial charge in [0.2, 0.25) is 0 Å². The second kappa shape index (κ2) is 8.14. The third-order valence-electron chi connectivity index (χ3n) is 5.37. The number of unbranched alkanes of at least 4 members (excludes halogenated alkanes) is 1. The average Bonchev–Trinajstić information content (AvgIpc) is 3.17. The molecule has 8 heteroatoms. The molecule has 0 aliphatic carbocycles. The number of hydrogen-bond donors (Lipinski definition) is 0. The minimum absolute atomic E-state index is 0.0781. The summed E-state index contributed by atoms with van der Waals surface area (Å²) < 4.78 is 5.20. The zero-order valence-corrected chi connectivity index (χ0v) is 16.9. The first-order chi connectivity index (χ1) is 14.9. The van der Waals surface area contributed by atoms with Crippen LogP contribution < -0.4 is 0 Å². The molecular weight excluding hydrogens is 400 g/mol. The van der Waals surface area contributed by atoms with E-state index in [1.54, 1.807) is 24.3 Å². The Morgan fingerprint density at radius 2 is 1.32 bits per heavy atom. The van der Waals surface area contributed by atoms with E-state index in [0.29, 0.717) is 24.1 Å². The highest BCUT2D eigenvalue weighted by molar-refractivity contribution is 6.22. The van der Waals surface area contributed by atoms with Gasteiger partial charge in [0.05, 0.1) is 34.4 Å². The first kappa shape index (κ1) is 20.5.